The van der Waals surface area contributed by atoms with Crippen molar-refractivity contribution in [3.63, 3.8) is 0 Å². The minimum absolute atomic E-state index is 0.0618. The van der Waals surface area contributed by atoms with Gasteiger partial charge in [-0.25, -0.2) is 0 Å². The highest BCUT2D eigenvalue weighted by Crippen LogP contribution is 2.28. The maximum Gasteiger partial charge on any atom is 0.244 e. The molecule has 0 unspecified atom stereocenters. The summed E-state index contributed by atoms with van der Waals surface area (Å²) in [6, 6.07) is 10.2. The first-order chi connectivity index (χ1) is 16.9. The van der Waals surface area contributed by atoms with Crippen molar-refractivity contribution < 1.29 is 14.3 Å². The number of carbonyl (C=O) groups is 2. The van der Waals surface area contributed by atoms with Crippen molar-refractivity contribution >= 4 is 11.8 Å². The van der Waals surface area contributed by atoms with E-state index in [-0.39, 0.29) is 30.4 Å². The number of hydrogen-bond acceptors (Lipinski definition) is 5. The molecule has 0 bridgehead atoms. The van der Waals surface area contributed by atoms with Crippen LogP contribution >= 0.6 is 0 Å². The number of likely N-dealkylation sites (tertiary alicyclic amines) is 1. The summed E-state index contributed by atoms with van der Waals surface area (Å²) < 4.78 is 7.12. The zero-order valence-corrected chi connectivity index (χ0v) is 21.3. The molecule has 2 atom stereocenters. The normalized spacial score (nSPS) is 19.3. The molecule has 8 heteroatoms. The van der Waals surface area contributed by atoms with Gasteiger partial charge in [-0.1, -0.05) is 24.3 Å². The van der Waals surface area contributed by atoms with E-state index in [1.54, 1.807) is 10.9 Å². The average Bonchev–Trinajstić information content (AvgIpc) is 3.40. The third-order valence-electron chi connectivity index (χ3n) is 7.78. The Bertz CT molecular complexity index is 965. The molecule has 0 aliphatic carbocycles. The Kier molecular flexibility index (Phi) is 8.57. The van der Waals surface area contributed by atoms with Crippen LogP contribution in [-0.4, -0.2) is 94.8 Å². The molecule has 2 aliphatic heterocycles. The van der Waals surface area contributed by atoms with Gasteiger partial charge in [0.2, 0.25) is 11.8 Å². The van der Waals surface area contributed by atoms with E-state index in [1.807, 2.05) is 36.0 Å². The van der Waals surface area contributed by atoms with Gasteiger partial charge in [-0.15, -0.1) is 0 Å². The van der Waals surface area contributed by atoms with Gasteiger partial charge in [0.1, 0.15) is 6.54 Å². The van der Waals surface area contributed by atoms with E-state index in [9.17, 15) is 9.59 Å². The maximum atomic E-state index is 13.2. The first-order valence-electron chi connectivity index (χ1n) is 12.8. The van der Waals surface area contributed by atoms with E-state index in [0.29, 0.717) is 19.1 Å². The third-order valence-corrected chi connectivity index (χ3v) is 7.78. The molecule has 2 aromatic rings. The summed E-state index contributed by atoms with van der Waals surface area (Å²) >= 11 is 0. The predicted molar refractivity (Wildman–Crippen MR) is 135 cm³/mol. The van der Waals surface area contributed by atoms with Crippen LogP contribution in [-0.2, 0) is 27.3 Å². The van der Waals surface area contributed by atoms with E-state index in [0.717, 1.165) is 45.4 Å². The molecule has 2 amide bonds. The molecule has 2 saturated heterocycles. The minimum atomic E-state index is -0.114. The molecule has 4 rings (SSSR count). The van der Waals surface area contributed by atoms with Gasteiger partial charge in [0.25, 0.3) is 0 Å². The second-order valence-corrected chi connectivity index (χ2v) is 9.89. The number of likely N-dealkylation sites (N-methyl/N-ethyl adjacent to an activating group) is 1. The highest BCUT2D eigenvalue weighted by Gasteiger charge is 2.35. The van der Waals surface area contributed by atoms with Crippen molar-refractivity contribution in [3.8, 4) is 0 Å². The summed E-state index contributed by atoms with van der Waals surface area (Å²) in [7, 11) is 1.92. The number of ether oxygens (including phenoxy) is 1. The van der Waals surface area contributed by atoms with Crippen LogP contribution in [0.3, 0.4) is 0 Å². The fraction of sp³-hybridized carbons (Fsp3) is 0.593. The number of hydrogen-bond donors (Lipinski definition) is 0. The molecule has 0 saturated carbocycles. The average molecular weight is 482 g/mol. The lowest BCUT2D eigenvalue weighted by Gasteiger charge is -2.42. The third kappa shape index (κ3) is 6.30. The topological polar surface area (TPSA) is 70.9 Å². The number of morpholine rings is 1. The largest absolute Gasteiger partial charge is 0.379 e. The van der Waals surface area contributed by atoms with E-state index in [2.05, 4.69) is 41.2 Å². The predicted octanol–water partition coefficient (Wildman–Crippen LogP) is 2.22. The van der Waals surface area contributed by atoms with Crippen molar-refractivity contribution in [2.75, 3.05) is 46.4 Å². The Morgan fingerprint density at radius 2 is 1.83 bits per heavy atom. The highest BCUT2D eigenvalue weighted by atomic mass is 16.5. The molecule has 3 heterocycles. The van der Waals surface area contributed by atoms with Gasteiger partial charge in [0, 0.05) is 51.7 Å². The molecule has 190 valence electrons. The second kappa shape index (κ2) is 11.8. The minimum Gasteiger partial charge on any atom is -0.379 e. The number of rotatable bonds is 8. The van der Waals surface area contributed by atoms with Gasteiger partial charge < -0.3 is 14.5 Å². The molecule has 0 radical (unpaired) electrons. The summed E-state index contributed by atoms with van der Waals surface area (Å²) in [5.74, 6) is 0.611. The molecule has 0 N–H and O–H groups in total. The number of carbonyl (C=O) groups excluding carboxylic acids is 2. The Morgan fingerprint density at radius 3 is 2.49 bits per heavy atom. The van der Waals surface area contributed by atoms with Crippen LogP contribution in [0, 0.1) is 12.8 Å². The number of piperidine rings is 1. The van der Waals surface area contributed by atoms with Crippen LogP contribution in [0.15, 0.2) is 42.7 Å². The zero-order valence-electron chi connectivity index (χ0n) is 21.3. The fourth-order valence-electron chi connectivity index (χ4n) is 5.40. The first-order valence-corrected chi connectivity index (χ1v) is 12.8. The van der Waals surface area contributed by atoms with Gasteiger partial charge in [-0.05, 0) is 56.2 Å². The molecule has 1 aromatic carbocycles. The van der Waals surface area contributed by atoms with Gasteiger partial charge in [0.05, 0.1) is 19.3 Å². The molecular weight excluding hydrogens is 442 g/mol. The SMILES string of the molecule is Cc1ccccc1C[C@H](C1CCN(C(=O)[C@H](C)N2CCOCC2)CC1)N(C)C(=O)Cn1cccn1. The monoisotopic (exact) mass is 481 g/mol. The fourth-order valence-corrected chi connectivity index (χ4v) is 5.40. The lowest BCUT2D eigenvalue weighted by molar-refractivity contribution is -0.141. The van der Waals surface area contributed by atoms with Gasteiger partial charge in [0.15, 0.2) is 0 Å². The number of nitrogens with zero attached hydrogens (tertiary/aromatic N) is 5. The summed E-state index contributed by atoms with van der Waals surface area (Å²) in [5.41, 5.74) is 2.52. The van der Waals surface area contributed by atoms with E-state index in [1.165, 1.54) is 11.1 Å². The quantitative estimate of drug-likeness (QED) is 0.578. The number of aromatic nitrogens is 2. The van der Waals surface area contributed by atoms with Crippen molar-refractivity contribution in [3.05, 3.63) is 53.9 Å². The van der Waals surface area contributed by atoms with E-state index in [4.69, 9.17) is 4.74 Å². The summed E-state index contributed by atoms with van der Waals surface area (Å²) in [6.07, 6.45) is 6.14. The maximum absolute atomic E-state index is 13.2. The molecular formula is C27H39N5O3. The van der Waals surface area contributed by atoms with Crippen LogP contribution in [0.1, 0.15) is 30.9 Å². The summed E-state index contributed by atoms with van der Waals surface area (Å²) in [4.78, 5) is 32.6. The van der Waals surface area contributed by atoms with E-state index < -0.39 is 0 Å². The molecule has 2 aliphatic rings. The zero-order chi connectivity index (χ0) is 24.8. The van der Waals surface area contributed by atoms with Gasteiger partial charge in [-0.3, -0.25) is 19.2 Å². The van der Waals surface area contributed by atoms with Crippen LogP contribution in [0.5, 0.6) is 0 Å². The number of benzene rings is 1. The Morgan fingerprint density at radius 1 is 1.11 bits per heavy atom. The van der Waals surface area contributed by atoms with E-state index >= 15 is 0 Å². The molecule has 1 aromatic heterocycles. The van der Waals surface area contributed by atoms with Crippen molar-refractivity contribution in [1.82, 2.24) is 24.5 Å². The van der Waals surface area contributed by atoms with Crippen LogP contribution in [0.2, 0.25) is 0 Å². The summed E-state index contributed by atoms with van der Waals surface area (Å²) in [6.45, 7) is 8.87. The highest BCUT2D eigenvalue weighted by molar-refractivity contribution is 5.81. The number of aryl methyl sites for hydroxylation is 1. The molecule has 0 spiro atoms. The lowest BCUT2D eigenvalue weighted by atomic mass is 9.84. The van der Waals surface area contributed by atoms with Crippen molar-refractivity contribution in [2.45, 2.75) is 51.7 Å². The second-order valence-electron chi connectivity index (χ2n) is 9.89. The molecule has 35 heavy (non-hydrogen) atoms. The van der Waals surface area contributed by atoms with Crippen LogP contribution in [0.4, 0.5) is 0 Å². The smallest absolute Gasteiger partial charge is 0.244 e. The Hall–Kier alpha value is -2.71. The van der Waals surface area contributed by atoms with Crippen molar-refractivity contribution in [2.24, 2.45) is 5.92 Å². The molecule has 2 fully saturated rings. The number of amides is 2. The van der Waals surface area contributed by atoms with Crippen molar-refractivity contribution in [1.29, 1.82) is 0 Å². The lowest BCUT2D eigenvalue weighted by Crippen LogP contribution is -2.54. The Balaban J connectivity index is 1.42. The molecule has 8 nitrogen and oxygen atoms in total. The van der Waals surface area contributed by atoms with Crippen LogP contribution < -0.4 is 0 Å². The standard InChI is InChI=1S/C27H39N5O3/c1-21-7-4-5-8-24(21)19-25(29(3)26(33)20-32-12-6-11-28-32)23-9-13-31(14-10-23)27(34)22(2)30-15-17-35-18-16-30/h4-8,11-12,22-23,25H,9-10,13-20H2,1-3H3/t22-,25+/m0/s1. The van der Waals surface area contributed by atoms with Gasteiger partial charge >= 0.3 is 0 Å². The Labute approximate surface area is 208 Å². The first kappa shape index (κ1) is 25.4. The summed E-state index contributed by atoms with van der Waals surface area (Å²) in [5, 5.41) is 4.21. The van der Waals surface area contributed by atoms with Crippen LogP contribution in [0.25, 0.3) is 0 Å². The van der Waals surface area contributed by atoms with Gasteiger partial charge in [-0.2, -0.15) is 5.10 Å².